The van der Waals surface area contributed by atoms with Gasteiger partial charge in [0.2, 0.25) is 5.91 Å². The van der Waals surface area contributed by atoms with Crippen molar-refractivity contribution < 1.29 is 14.4 Å². The maximum atomic E-state index is 12.2. The maximum Gasteiger partial charge on any atom is 0.317 e. The molecule has 2 fully saturated rings. The molecule has 2 saturated heterocycles. The fraction of sp³-hybridized carbons (Fsp3) is 0.692. The summed E-state index contributed by atoms with van der Waals surface area (Å²) in [5, 5.41) is 6.62. The monoisotopic (exact) mass is 293 g/mol. The topological polar surface area (TPSA) is 94.1 Å². The summed E-state index contributed by atoms with van der Waals surface area (Å²) in [6, 6.07) is 0.195. The largest absolute Gasteiger partial charge is 0.338 e. The molecule has 0 atom stereocenters. The average Bonchev–Trinajstić information content (AvgIpc) is 2.94. The van der Waals surface area contributed by atoms with Crippen LogP contribution in [0.4, 0.5) is 4.79 Å². The van der Waals surface area contributed by atoms with Crippen molar-refractivity contribution in [1.82, 2.24) is 20.5 Å². The fourth-order valence-electron chi connectivity index (χ4n) is 3.04. The van der Waals surface area contributed by atoms with E-state index in [4.69, 9.17) is 0 Å². The summed E-state index contributed by atoms with van der Waals surface area (Å²) >= 11 is 0. The SMILES string of the molecule is O=C1CC(C(=O)N2CCC(N3CCCNC3=O)CC2)=NN1. The molecule has 0 aromatic heterocycles. The number of carbonyl (C=O) groups excluding carboxylic acids is 3. The van der Waals surface area contributed by atoms with Crippen molar-refractivity contribution >= 4 is 23.6 Å². The van der Waals surface area contributed by atoms with Gasteiger partial charge in [0, 0.05) is 32.2 Å². The van der Waals surface area contributed by atoms with Crippen molar-refractivity contribution in [1.29, 1.82) is 0 Å². The first-order valence-corrected chi connectivity index (χ1v) is 7.34. The summed E-state index contributed by atoms with van der Waals surface area (Å²) in [4.78, 5) is 38.7. The van der Waals surface area contributed by atoms with E-state index in [2.05, 4.69) is 15.8 Å². The zero-order valence-electron chi connectivity index (χ0n) is 11.8. The van der Waals surface area contributed by atoms with Crippen molar-refractivity contribution in [3.63, 3.8) is 0 Å². The number of carbonyl (C=O) groups is 3. The van der Waals surface area contributed by atoms with E-state index in [1.54, 1.807) is 4.90 Å². The minimum Gasteiger partial charge on any atom is -0.338 e. The van der Waals surface area contributed by atoms with Gasteiger partial charge in [-0.25, -0.2) is 10.2 Å². The maximum absolute atomic E-state index is 12.2. The Labute approximate surface area is 122 Å². The number of rotatable bonds is 2. The predicted octanol–water partition coefficient (Wildman–Crippen LogP) is -0.731. The lowest BCUT2D eigenvalue weighted by Crippen LogP contribution is -2.55. The van der Waals surface area contributed by atoms with Gasteiger partial charge >= 0.3 is 6.03 Å². The number of hydrazone groups is 1. The van der Waals surface area contributed by atoms with Gasteiger partial charge in [0.05, 0.1) is 6.42 Å². The predicted molar refractivity (Wildman–Crippen MR) is 74.5 cm³/mol. The van der Waals surface area contributed by atoms with E-state index in [1.165, 1.54) is 0 Å². The Morgan fingerprint density at radius 2 is 1.95 bits per heavy atom. The van der Waals surface area contributed by atoms with Crippen molar-refractivity contribution in [3.8, 4) is 0 Å². The first-order valence-electron chi connectivity index (χ1n) is 7.34. The standard InChI is InChI=1S/C13H19N5O3/c19-11-8-10(15-16-11)12(20)17-6-2-9(3-7-17)18-5-1-4-14-13(18)21/h9H,1-8H2,(H,14,21)(H,16,19). The van der Waals surface area contributed by atoms with Gasteiger partial charge in [0.15, 0.2) is 0 Å². The molecule has 0 bridgehead atoms. The van der Waals surface area contributed by atoms with Gasteiger partial charge < -0.3 is 15.1 Å². The van der Waals surface area contributed by atoms with Crippen LogP contribution in [-0.4, -0.2) is 65.6 Å². The van der Waals surface area contributed by atoms with E-state index in [-0.39, 0.29) is 36.0 Å². The molecule has 3 aliphatic rings. The summed E-state index contributed by atoms with van der Waals surface area (Å²) in [6.07, 6.45) is 2.57. The van der Waals surface area contributed by atoms with Gasteiger partial charge in [-0.2, -0.15) is 5.10 Å². The molecule has 2 N–H and O–H groups in total. The summed E-state index contributed by atoms with van der Waals surface area (Å²) in [5.41, 5.74) is 2.58. The van der Waals surface area contributed by atoms with E-state index in [1.807, 2.05) is 4.90 Å². The number of hydrogen-bond donors (Lipinski definition) is 2. The summed E-state index contributed by atoms with van der Waals surface area (Å²) in [7, 11) is 0. The third kappa shape index (κ3) is 2.84. The molecule has 0 unspecified atom stereocenters. The summed E-state index contributed by atoms with van der Waals surface area (Å²) in [6.45, 7) is 2.73. The second-order valence-electron chi connectivity index (χ2n) is 5.57. The highest BCUT2D eigenvalue weighted by Gasteiger charge is 2.33. The van der Waals surface area contributed by atoms with Crippen molar-refractivity contribution in [2.45, 2.75) is 31.7 Å². The molecular weight excluding hydrogens is 274 g/mol. The molecule has 8 heteroatoms. The first-order chi connectivity index (χ1) is 10.1. The van der Waals surface area contributed by atoms with Gasteiger partial charge in [-0.05, 0) is 19.3 Å². The van der Waals surface area contributed by atoms with Crippen molar-refractivity contribution in [2.24, 2.45) is 5.10 Å². The number of likely N-dealkylation sites (tertiary alicyclic amines) is 1. The first kappa shape index (κ1) is 13.8. The van der Waals surface area contributed by atoms with Crippen LogP contribution < -0.4 is 10.7 Å². The minimum absolute atomic E-state index is 0.000918. The van der Waals surface area contributed by atoms with Crippen molar-refractivity contribution in [2.75, 3.05) is 26.2 Å². The van der Waals surface area contributed by atoms with E-state index in [0.717, 1.165) is 32.4 Å². The summed E-state index contributed by atoms with van der Waals surface area (Å²) in [5.74, 6) is -0.409. The van der Waals surface area contributed by atoms with Crippen LogP contribution >= 0.6 is 0 Å². The highest BCUT2D eigenvalue weighted by atomic mass is 16.2. The minimum atomic E-state index is -0.238. The zero-order valence-corrected chi connectivity index (χ0v) is 11.8. The molecule has 0 radical (unpaired) electrons. The zero-order chi connectivity index (χ0) is 14.8. The molecule has 0 saturated carbocycles. The third-order valence-corrected chi connectivity index (χ3v) is 4.20. The quantitative estimate of drug-likeness (QED) is 0.702. The third-order valence-electron chi connectivity index (χ3n) is 4.20. The van der Waals surface area contributed by atoms with Gasteiger partial charge in [-0.3, -0.25) is 9.59 Å². The van der Waals surface area contributed by atoms with Crippen LogP contribution in [0.5, 0.6) is 0 Å². The second kappa shape index (κ2) is 5.71. The van der Waals surface area contributed by atoms with E-state index in [0.29, 0.717) is 13.1 Å². The molecule has 4 amide bonds. The number of piperidine rings is 1. The number of hydrogen-bond acceptors (Lipinski definition) is 4. The van der Waals surface area contributed by atoms with Crippen LogP contribution in [0.3, 0.4) is 0 Å². The lowest BCUT2D eigenvalue weighted by Gasteiger charge is -2.40. The van der Waals surface area contributed by atoms with E-state index in [9.17, 15) is 14.4 Å². The normalized spacial score (nSPS) is 23.7. The van der Waals surface area contributed by atoms with Crippen LogP contribution in [0.2, 0.25) is 0 Å². The average molecular weight is 293 g/mol. The number of amides is 4. The Morgan fingerprint density at radius 3 is 2.57 bits per heavy atom. The van der Waals surface area contributed by atoms with Crippen LogP contribution in [0, 0.1) is 0 Å². The fourth-order valence-corrected chi connectivity index (χ4v) is 3.04. The Hall–Kier alpha value is -2.12. The molecule has 0 aromatic rings. The molecule has 0 aromatic carbocycles. The van der Waals surface area contributed by atoms with Gasteiger partial charge in [0.1, 0.15) is 5.71 Å². The number of nitrogens with zero attached hydrogens (tertiary/aromatic N) is 3. The Balaban J connectivity index is 1.54. The Morgan fingerprint density at radius 1 is 1.19 bits per heavy atom. The van der Waals surface area contributed by atoms with Crippen molar-refractivity contribution in [3.05, 3.63) is 0 Å². The smallest absolute Gasteiger partial charge is 0.317 e. The van der Waals surface area contributed by atoms with Crippen LogP contribution in [-0.2, 0) is 9.59 Å². The molecule has 3 rings (SSSR count). The molecule has 0 aliphatic carbocycles. The van der Waals surface area contributed by atoms with Crippen LogP contribution in [0.25, 0.3) is 0 Å². The summed E-state index contributed by atoms with van der Waals surface area (Å²) < 4.78 is 0. The van der Waals surface area contributed by atoms with E-state index < -0.39 is 0 Å². The Bertz CT molecular complexity index is 496. The molecule has 3 aliphatic heterocycles. The molecule has 3 heterocycles. The highest BCUT2D eigenvalue weighted by molar-refractivity contribution is 6.43. The molecule has 0 spiro atoms. The number of urea groups is 1. The molecule has 21 heavy (non-hydrogen) atoms. The van der Waals surface area contributed by atoms with Gasteiger partial charge in [-0.15, -0.1) is 0 Å². The van der Waals surface area contributed by atoms with Crippen LogP contribution in [0.1, 0.15) is 25.7 Å². The lowest BCUT2D eigenvalue weighted by molar-refractivity contribution is -0.126. The van der Waals surface area contributed by atoms with Gasteiger partial charge in [-0.1, -0.05) is 0 Å². The van der Waals surface area contributed by atoms with Crippen LogP contribution in [0.15, 0.2) is 5.10 Å². The lowest BCUT2D eigenvalue weighted by atomic mass is 10.0. The van der Waals surface area contributed by atoms with Gasteiger partial charge in [0.25, 0.3) is 5.91 Å². The Kier molecular flexibility index (Phi) is 3.76. The number of nitrogens with one attached hydrogen (secondary N) is 2. The highest BCUT2D eigenvalue weighted by Crippen LogP contribution is 2.19. The second-order valence-corrected chi connectivity index (χ2v) is 5.57. The van der Waals surface area contributed by atoms with E-state index >= 15 is 0 Å². The molecular formula is C13H19N5O3. The molecule has 8 nitrogen and oxygen atoms in total. The molecule has 114 valence electrons.